The van der Waals surface area contributed by atoms with E-state index in [9.17, 15) is 4.79 Å². The third kappa shape index (κ3) is 3.00. The molecule has 2 aromatic rings. The molecule has 0 aliphatic heterocycles. The van der Waals surface area contributed by atoms with Crippen molar-refractivity contribution in [3.05, 3.63) is 42.1 Å². The fraction of sp³-hybridized carbons (Fsp3) is 0.385. The van der Waals surface area contributed by atoms with Crippen molar-refractivity contribution in [1.82, 2.24) is 15.1 Å². The van der Waals surface area contributed by atoms with Crippen LogP contribution in [-0.2, 0) is 13.5 Å². The maximum Gasteiger partial charge on any atom is 0.269 e. The van der Waals surface area contributed by atoms with Gasteiger partial charge in [-0.1, -0.05) is 0 Å². The minimum Gasteiger partial charge on any atom is -0.469 e. The van der Waals surface area contributed by atoms with Gasteiger partial charge in [-0.3, -0.25) is 9.48 Å². The number of carbonyl (C=O) groups excluding carboxylic acids is 1. The summed E-state index contributed by atoms with van der Waals surface area (Å²) in [5, 5.41) is 6.92. The Hall–Kier alpha value is -2.04. The lowest BCUT2D eigenvalue weighted by atomic mass is 10.1. The zero-order chi connectivity index (χ0) is 13.0. The Kier molecular flexibility index (Phi) is 3.82. The van der Waals surface area contributed by atoms with Crippen molar-refractivity contribution in [2.45, 2.75) is 25.8 Å². The lowest BCUT2D eigenvalue weighted by Gasteiger charge is -2.13. The minimum absolute atomic E-state index is 0.0949. The van der Waals surface area contributed by atoms with E-state index in [2.05, 4.69) is 10.4 Å². The summed E-state index contributed by atoms with van der Waals surface area (Å²) in [6, 6.07) is 5.61. The highest BCUT2D eigenvalue weighted by Gasteiger charge is 2.13. The Balaban J connectivity index is 1.82. The third-order valence-corrected chi connectivity index (χ3v) is 2.83. The van der Waals surface area contributed by atoms with Crippen LogP contribution in [0.5, 0.6) is 0 Å². The van der Waals surface area contributed by atoms with Crippen molar-refractivity contribution in [2.24, 2.45) is 7.05 Å². The van der Waals surface area contributed by atoms with Crippen molar-refractivity contribution < 1.29 is 9.21 Å². The first kappa shape index (κ1) is 12.4. The first-order valence-corrected chi connectivity index (χ1v) is 5.98. The summed E-state index contributed by atoms with van der Waals surface area (Å²) < 4.78 is 6.82. The molecule has 0 saturated heterocycles. The van der Waals surface area contributed by atoms with Crippen molar-refractivity contribution in [2.75, 3.05) is 0 Å². The molecule has 18 heavy (non-hydrogen) atoms. The average Bonchev–Trinajstić information content (AvgIpc) is 2.97. The number of nitrogens with one attached hydrogen (secondary N) is 1. The van der Waals surface area contributed by atoms with Gasteiger partial charge >= 0.3 is 0 Å². The monoisotopic (exact) mass is 247 g/mol. The fourth-order valence-corrected chi connectivity index (χ4v) is 1.78. The normalized spacial score (nSPS) is 12.3. The van der Waals surface area contributed by atoms with Crippen LogP contribution in [0.4, 0.5) is 0 Å². The number of aryl methyl sites for hydroxylation is 2. The van der Waals surface area contributed by atoms with Gasteiger partial charge in [0.25, 0.3) is 5.91 Å². The lowest BCUT2D eigenvalue weighted by Crippen LogP contribution is -2.34. The second-order valence-corrected chi connectivity index (χ2v) is 4.33. The van der Waals surface area contributed by atoms with E-state index in [4.69, 9.17) is 4.42 Å². The van der Waals surface area contributed by atoms with E-state index in [0.717, 1.165) is 18.6 Å². The van der Waals surface area contributed by atoms with Crippen molar-refractivity contribution in [1.29, 1.82) is 0 Å². The predicted molar refractivity (Wildman–Crippen MR) is 67.2 cm³/mol. The van der Waals surface area contributed by atoms with Gasteiger partial charge in [0.2, 0.25) is 0 Å². The number of amides is 1. The summed E-state index contributed by atoms with van der Waals surface area (Å²) >= 11 is 0. The molecule has 0 fully saturated rings. The van der Waals surface area contributed by atoms with Crippen LogP contribution >= 0.6 is 0 Å². The molecule has 1 atom stereocenters. The molecule has 0 aromatic carbocycles. The zero-order valence-electron chi connectivity index (χ0n) is 10.6. The molecule has 5 heteroatoms. The molecule has 5 nitrogen and oxygen atoms in total. The van der Waals surface area contributed by atoms with Crippen LogP contribution in [0.25, 0.3) is 0 Å². The topological polar surface area (TPSA) is 60.1 Å². The quantitative estimate of drug-likeness (QED) is 0.875. The summed E-state index contributed by atoms with van der Waals surface area (Å²) in [4.78, 5) is 11.9. The van der Waals surface area contributed by atoms with Crippen LogP contribution in [0.2, 0.25) is 0 Å². The Morgan fingerprint density at radius 3 is 3.00 bits per heavy atom. The molecule has 1 amide bonds. The maximum atomic E-state index is 11.9. The zero-order valence-corrected chi connectivity index (χ0v) is 10.6. The molecule has 96 valence electrons. The molecule has 0 unspecified atom stereocenters. The van der Waals surface area contributed by atoms with Gasteiger partial charge in [0.15, 0.2) is 0 Å². The number of aromatic nitrogens is 2. The van der Waals surface area contributed by atoms with Gasteiger partial charge in [0.1, 0.15) is 11.5 Å². The Bertz CT molecular complexity index is 502. The summed E-state index contributed by atoms with van der Waals surface area (Å²) in [7, 11) is 1.75. The number of furan rings is 1. The molecule has 0 spiro atoms. The predicted octanol–water partition coefficient (Wildman–Crippen LogP) is 1.76. The molecule has 2 aromatic heterocycles. The SMILES string of the molecule is C[C@H](CCc1ccco1)NC(=O)c1ccnn1C. The minimum atomic E-state index is -0.0954. The highest BCUT2D eigenvalue weighted by atomic mass is 16.3. The van der Waals surface area contributed by atoms with E-state index in [1.165, 1.54) is 0 Å². The third-order valence-electron chi connectivity index (χ3n) is 2.83. The molecule has 1 N–H and O–H groups in total. The summed E-state index contributed by atoms with van der Waals surface area (Å²) in [6.45, 7) is 1.98. The Labute approximate surface area is 106 Å². The van der Waals surface area contributed by atoms with Crippen LogP contribution in [-0.4, -0.2) is 21.7 Å². The number of carbonyl (C=O) groups is 1. The van der Waals surface area contributed by atoms with E-state index in [1.54, 1.807) is 30.3 Å². The molecule has 2 heterocycles. The molecule has 2 rings (SSSR count). The molecular formula is C13H17N3O2. The summed E-state index contributed by atoms with van der Waals surface area (Å²) in [5.41, 5.74) is 0.569. The van der Waals surface area contributed by atoms with E-state index in [0.29, 0.717) is 5.69 Å². The van der Waals surface area contributed by atoms with Crippen molar-refractivity contribution >= 4 is 5.91 Å². The van der Waals surface area contributed by atoms with Crippen LogP contribution in [0.1, 0.15) is 29.6 Å². The maximum absolute atomic E-state index is 11.9. The molecule has 0 aliphatic carbocycles. The summed E-state index contributed by atoms with van der Waals surface area (Å²) in [5.74, 6) is 0.846. The average molecular weight is 247 g/mol. The van der Waals surface area contributed by atoms with Gasteiger partial charge in [0.05, 0.1) is 6.26 Å². The molecule has 0 aliphatic rings. The molecule has 0 bridgehead atoms. The Morgan fingerprint density at radius 1 is 1.56 bits per heavy atom. The highest BCUT2D eigenvalue weighted by Crippen LogP contribution is 2.06. The van der Waals surface area contributed by atoms with Gasteiger partial charge in [-0.05, 0) is 31.5 Å². The van der Waals surface area contributed by atoms with Crippen molar-refractivity contribution in [3.63, 3.8) is 0 Å². The van der Waals surface area contributed by atoms with E-state index in [1.807, 2.05) is 19.1 Å². The first-order valence-electron chi connectivity index (χ1n) is 5.98. The van der Waals surface area contributed by atoms with Crippen LogP contribution in [0, 0.1) is 0 Å². The van der Waals surface area contributed by atoms with Gasteiger partial charge in [-0.2, -0.15) is 5.10 Å². The lowest BCUT2D eigenvalue weighted by molar-refractivity contribution is 0.0928. The molecule has 0 radical (unpaired) electrons. The summed E-state index contributed by atoms with van der Waals surface area (Å²) in [6.07, 6.45) is 4.94. The second-order valence-electron chi connectivity index (χ2n) is 4.33. The number of hydrogen-bond acceptors (Lipinski definition) is 3. The van der Waals surface area contributed by atoms with Crippen LogP contribution in [0.15, 0.2) is 35.1 Å². The van der Waals surface area contributed by atoms with E-state index < -0.39 is 0 Å². The highest BCUT2D eigenvalue weighted by molar-refractivity contribution is 5.92. The molecular weight excluding hydrogens is 230 g/mol. The largest absolute Gasteiger partial charge is 0.469 e. The van der Waals surface area contributed by atoms with E-state index in [-0.39, 0.29) is 11.9 Å². The van der Waals surface area contributed by atoms with Gasteiger partial charge in [-0.25, -0.2) is 0 Å². The van der Waals surface area contributed by atoms with Crippen LogP contribution in [0.3, 0.4) is 0 Å². The fourth-order valence-electron chi connectivity index (χ4n) is 1.78. The number of rotatable bonds is 5. The van der Waals surface area contributed by atoms with E-state index >= 15 is 0 Å². The molecule has 0 saturated carbocycles. The standard InChI is InChI=1S/C13H17N3O2/c1-10(5-6-11-4-3-9-18-11)15-13(17)12-7-8-14-16(12)2/h3-4,7-10H,5-6H2,1-2H3,(H,15,17)/t10-/m1/s1. The van der Waals surface area contributed by atoms with Gasteiger partial charge in [-0.15, -0.1) is 0 Å². The second kappa shape index (κ2) is 5.53. The smallest absolute Gasteiger partial charge is 0.269 e. The number of nitrogens with zero attached hydrogens (tertiary/aromatic N) is 2. The Morgan fingerprint density at radius 2 is 2.39 bits per heavy atom. The van der Waals surface area contributed by atoms with Crippen LogP contribution < -0.4 is 5.32 Å². The number of hydrogen-bond donors (Lipinski definition) is 1. The van der Waals surface area contributed by atoms with Crippen molar-refractivity contribution in [3.8, 4) is 0 Å². The first-order chi connectivity index (χ1) is 8.66. The van der Waals surface area contributed by atoms with Gasteiger partial charge in [0, 0.05) is 25.7 Å². The van der Waals surface area contributed by atoms with Gasteiger partial charge < -0.3 is 9.73 Å².